The van der Waals surface area contributed by atoms with Crippen LogP contribution in [0, 0.1) is 5.92 Å². The van der Waals surface area contributed by atoms with E-state index in [1.54, 1.807) is 23.5 Å². The lowest BCUT2D eigenvalue weighted by molar-refractivity contribution is 0.475. The third-order valence-electron chi connectivity index (χ3n) is 5.43. The average Bonchev–Trinajstić information content (AvgIpc) is 3.42. The smallest absolute Gasteiger partial charge is 0.162 e. The summed E-state index contributed by atoms with van der Waals surface area (Å²) in [6.07, 6.45) is 3.72. The number of aromatic nitrogens is 2. The Labute approximate surface area is 189 Å². The van der Waals surface area contributed by atoms with Gasteiger partial charge in [0.05, 0.1) is 17.8 Å². The summed E-state index contributed by atoms with van der Waals surface area (Å²) in [5, 5.41) is 11.5. The van der Waals surface area contributed by atoms with Crippen molar-refractivity contribution in [3.05, 3.63) is 64.2 Å². The lowest BCUT2D eigenvalue weighted by atomic mass is 10.0. The third kappa shape index (κ3) is 5.70. The van der Waals surface area contributed by atoms with Crippen LogP contribution in [0.2, 0.25) is 0 Å². The number of phenolic OH excluding ortho intramolecular Hbond substituents is 1. The van der Waals surface area contributed by atoms with Crippen molar-refractivity contribution in [2.75, 3.05) is 6.54 Å². The number of imidazole rings is 1. The zero-order valence-corrected chi connectivity index (χ0v) is 19.9. The Morgan fingerprint density at radius 1 is 1.16 bits per heavy atom. The van der Waals surface area contributed by atoms with Crippen molar-refractivity contribution in [1.82, 2.24) is 9.55 Å². The molecule has 0 bridgehead atoms. The molecule has 0 fully saturated rings. The number of benzene rings is 1. The van der Waals surface area contributed by atoms with Gasteiger partial charge in [-0.15, -0.1) is 11.3 Å². The molecule has 1 N–H and O–H groups in total. The van der Waals surface area contributed by atoms with E-state index in [0.717, 1.165) is 41.3 Å². The SMILES string of the molecule is CCC(C)C(=Nc1c(C(C)=NCCc2ccc(O)cc2)ncn1C(C)C)c1cccs1. The van der Waals surface area contributed by atoms with Gasteiger partial charge in [-0.3, -0.25) is 4.99 Å². The first-order valence-electron chi connectivity index (χ1n) is 10.9. The van der Waals surface area contributed by atoms with E-state index in [-0.39, 0.29) is 11.8 Å². The molecule has 164 valence electrons. The van der Waals surface area contributed by atoms with Gasteiger partial charge >= 0.3 is 0 Å². The molecule has 0 saturated heterocycles. The largest absolute Gasteiger partial charge is 0.508 e. The number of phenols is 1. The molecule has 2 heterocycles. The normalized spacial score (nSPS) is 13.7. The van der Waals surface area contributed by atoms with Gasteiger partial charge in [0.25, 0.3) is 0 Å². The summed E-state index contributed by atoms with van der Waals surface area (Å²) in [4.78, 5) is 15.9. The molecule has 1 atom stereocenters. The first kappa shape index (κ1) is 22.9. The Bertz CT molecular complexity index is 1030. The lowest BCUT2D eigenvalue weighted by Gasteiger charge is -2.15. The van der Waals surface area contributed by atoms with Crippen LogP contribution in [0.1, 0.15) is 63.2 Å². The van der Waals surface area contributed by atoms with E-state index in [2.05, 4.69) is 54.8 Å². The standard InChI is InChI=1S/C25H32N4OS/c1-6-18(4)23(22-8-7-15-31-22)28-25-24(27-16-29(25)17(2)3)19(5)26-14-13-20-9-11-21(30)12-10-20/h7-12,15-18,30H,6,13-14H2,1-5H3. The topological polar surface area (TPSA) is 62.8 Å². The molecular weight excluding hydrogens is 404 g/mol. The molecule has 0 aliphatic heterocycles. The molecule has 3 rings (SSSR count). The van der Waals surface area contributed by atoms with Crippen LogP contribution >= 0.6 is 11.3 Å². The number of aliphatic imine (C=N–C) groups is 2. The Morgan fingerprint density at radius 3 is 2.52 bits per heavy atom. The fourth-order valence-corrected chi connectivity index (χ4v) is 4.16. The molecule has 31 heavy (non-hydrogen) atoms. The molecule has 0 spiro atoms. The van der Waals surface area contributed by atoms with Gasteiger partial charge in [0.1, 0.15) is 11.4 Å². The lowest BCUT2D eigenvalue weighted by Crippen LogP contribution is -2.12. The van der Waals surface area contributed by atoms with Crippen LogP contribution in [0.25, 0.3) is 0 Å². The molecule has 1 aromatic carbocycles. The molecule has 0 saturated carbocycles. The fourth-order valence-electron chi connectivity index (χ4n) is 3.33. The maximum atomic E-state index is 9.44. The zero-order chi connectivity index (χ0) is 22.4. The van der Waals surface area contributed by atoms with E-state index in [9.17, 15) is 5.11 Å². The van der Waals surface area contributed by atoms with Crippen LogP contribution in [0.3, 0.4) is 0 Å². The van der Waals surface area contributed by atoms with Gasteiger partial charge in [0.15, 0.2) is 5.82 Å². The molecule has 5 nitrogen and oxygen atoms in total. The summed E-state index contributed by atoms with van der Waals surface area (Å²) >= 11 is 1.73. The van der Waals surface area contributed by atoms with Crippen LogP contribution in [0.5, 0.6) is 5.75 Å². The van der Waals surface area contributed by atoms with Gasteiger partial charge in [-0.1, -0.05) is 32.0 Å². The molecule has 0 radical (unpaired) electrons. The molecule has 0 aliphatic carbocycles. The quantitative estimate of drug-likeness (QED) is 0.392. The van der Waals surface area contributed by atoms with E-state index in [0.29, 0.717) is 12.5 Å². The maximum Gasteiger partial charge on any atom is 0.162 e. The molecule has 3 aromatic rings. The zero-order valence-electron chi connectivity index (χ0n) is 19.0. The van der Waals surface area contributed by atoms with Crippen molar-refractivity contribution in [3.8, 4) is 5.75 Å². The number of hydrogen-bond acceptors (Lipinski definition) is 5. The minimum Gasteiger partial charge on any atom is -0.508 e. The highest BCUT2D eigenvalue weighted by atomic mass is 32.1. The Morgan fingerprint density at radius 2 is 1.90 bits per heavy atom. The Balaban J connectivity index is 1.93. The van der Waals surface area contributed by atoms with Crippen LogP contribution in [0.4, 0.5) is 5.82 Å². The van der Waals surface area contributed by atoms with E-state index >= 15 is 0 Å². The van der Waals surface area contributed by atoms with E-state index in [1.165, 1.54) is 4.88 Å². The van der Waals surface area contributed by atoms with Gasteiger partial charge in [-0.05, 0) is 68.7 Å². The van der Waals surface area contributed by atoms with Crippen LogP contribution in [-0.4, -0.2) is 32.6 Å². The van der Waals surface area contributed by atoms with E-state index < -0.39 is 0 Å². The van der Waals surface area contributed by atoms with Crippen molar-refractivity contribution in [2.24, 2.45) is 15.9 Å². The second-order valence-electron chi connectivity index (χ2n) is 8.09. The summed E-state index contributed by atoms with van der Waals surface area (Å²) in [6, 6.07) is 11.8. The second-order valence-corrected chi connectivity index (χ2v) is 9.03. The first-order chi connectivity index (χ1) is 14.9. The van der Waals surface area contributed by atoms with Crippen molar-refractivity contribution >= 4 is 28.6 Å². The summed E-state index contributed by atoms with van der Waals surface area (Å²) in [6.45, 7) is 11.4. The highest BCUT2D eigenvalue weighted by Gasteiger charge is 2.19. The minimum atomic E-state index is 0.256. The van der Waals surface area contributed by atoms with Crippen molar-refractivity contribution in [1.29, 1.82) is 0 Å². The summed E-state index contributed by atoms with van der Waals surface area (Å²) < 4.78 is 2.13. The van der Waals surface area contributed by atoms with Gasteiger partial charge < -0.3 is 9.67 Å². The number of aromatic hydroxyl groups is 1. The highest BCUT2D eigenvalue weighted by molar-refractivity contribution is 7.12. The molecule has 1 unspecified atom stereocenters. The summed E-state index contributed by atoms with van der Waals surface area (Å²) in [7, 11) is 0. The van der Waals surface area contributed by atoms with Crippen LogP contribution < -0.4 is 0 Å². The van der Waals surface area contributed by atoms with Crippen molar-refractivity contribution in [2.45, 2.75) is 53.5 Å². The van der Waals surface area contributed by atoms with Gasteiger partial charge in [-0.25, -0.2) is 9.98 Å². The van der Waals surface area contributed by atoms with E-state index in [4.69, 9.17) is 9.98 Å². The number of nitrogens with zero attached hydrogens (tertiary/aromatic N) is 4. The van der Waals surface area contributed by atoms with E-state index in [1.807, 2.05) is 25.4 Å². The minimum absolute atomic E-state index is 0.256. The fraction of sp³-hybridized carbons (Fsp3) is 0.400. The summed E-state index contributed by atoms with van der Waals surface area (Å²) in [5.74, 6) is 1.52. The predicted molar refractivity (Wildman–Crippen MR) is 131 cm³/mol. The average molecular weight is 437 g/mol. The maximum absolute atomic E-state index is 9.44. The number of rotatable bonds is 9. The number of hydrogen-bond donors (Lipinski definition) is 1. The molecule has 0 aliphatic rings. The first-order valence-corrected chi connectivity index (χ1v) is 11.8. The molecular formula is C25H32N4OS. The summed E-state index contributed by atoms with van der Waals surface area (Å²) in [5.41, 5.74) is 4.00. The van der Waals surface area contributed by atoms with Gasteiger partial charge in [0, 0.05) is 17.5 Å². The van der Waals surface area contributed by atoms with Crippen molar-refractivity contribution in [3.63, 3.8) is 0 Å². The molecule has 6 heteroatoms. The van der Waals surface area contributed by atoms with Crippen LogP contribution in [0.15, 0.2) is 58.1 Å². The highest BCUT2D eigenvalue weighted by Crippen LogP contribution is 2.28. The molecule has 2 aromatic heterocycles. The molecule has 0 amide bonds. The Kier molecular flexibility index (Phi) is 7.80. The van der Waals surface area contributed by atoms with Crippen molar-refractivity contribution < 1.29 is 5.11 Å². The number of thiophene rings is 1. The monoisotopic (exact) mass is 436 g/mol. The third-order valence-corrected chi connectivity index (χ3v) is 6.32. The van der Waals surface area contributed by atoms with Crippen LogP contribution in [-0.2, 0) is 6.42 Å². The Hall–Kier alpha value is -2.73. The predicted octanol–water partition coefficient (Wildman–Crippen LogP) is 6.45. The second kappa shape index (κ2) is 10.5. The van der Waals surface area contributed by atoms with Gasteiger partial charge in [-0.2, -0.15) is 0 Å². The van der Waals surface area contributed by atoms with Gasteiger partial charge in [0.2, 0.25) is 0 Å².